The van der Waals surface area contributed by atoms with Gasteiger partial charge in [0, 0.05) is 41.7 Å². The third-order valence-electron chi connectivity index (χ3n) is 4.26. The molecular weight excluding hydrogens is 352 g/mol. The summed E-state index contributed by atoms with van der Waals surface area (Å²) in [6.07, 6.45) is 2.07. The van der Waals surface area contributed by atoms with E-state index in [0.717, 1.165) is 30.4 Å². The Balaban J connectivity index is 2.03. The topological polar surface area (TPSA) is 23.6 Å². The Bertz CT molecular complexity index is 513. The minimum absolute atomic E-state index is 0.0570. The Hall–Kier alpha value is -0.580. The van der Waals surface area contributed by atoms with Gasteiger partial charge in [-0.05, 0) is 60.8 Å². The average Bonchev–Trinajstić information content (AvgIpc) is 2.46. The third-order valence-corrected chi connectivity index (χ3v) is 5.15. The third kappa shape index (κ3) is 3.99. The lowest BCUT2D eigenvalue weighted by atomic mass is 10.0. The summed E-state index contributed by atoms with van der Waals surface area (Å²) < 4.78 is 0.756. The van der Waals surface area contributed by atoms with Crippen molar-refractivity contribution >= 4 is 33.4 Å². The molecule has 0 saturated carbocycles. The molecule has 21 heavy (non-hydrogen) atoms. The Kier molecular flexibility index (Phi) is 5.69. The molecule has 1 saturated heterocycles. The van der Waals surface area contributed by atoms with Crippen LogP contribution in [0.1, 0.15) is 37.0 Å². The highest BCUT2D eigenvalue weighted by Crippen LogP contribution is 2.25. The van der Waals surface area contributed by atoms with E-state index in [0.29, 0.717) is 22.7 Å². The van der Waals surface area contributed by atoms with Crippen LogP contribution in [0.5, 0.6) is 0 Å². The molecule has 0 spiro atoms. The molecular formula is C16H22BrClN2O. The van der Waals surface area contributed by atoms with Crippen LogP contribution in [0.2, 0.25) is 5.02 Å². The second-order valence-electron chi connectivity index (χ2n) is 5.90. The van der Waals surface area contributed by atoms with Gasteiger partial charge in [-0.15, -0.1) is 0 Å². The summed E-state index contributed by atoms with van der Waals surface area (Å²) in [4.78, 5) is 17.0. The summed E-state index contributed by atoms with van der Waals surface area (Å²) in [5.74, 6) is 0.0570. The van der Waals surface area contributed by atoms with Gasteiger partial charge in [-0.25, -0.2) is 0 Å². The van der Waals surface area contributed by atoms with Crippen LogP contribution >= 0.6 is 27.5 Å². The van der Waals surface area contributed by atoms with Crippen molar-refractivity contribution in [2.75, 3.05) is 20.1 Å². The molecule has 5 heteroatoms. The Labute approximate surface area is 140 Å². The fourth-order valence-corrected chi connectivity index (χ4v) is 3.66. The summed E-state index contributed by atoms with van der Waals surface area (Å²) >= 11 is 9.36. The number of piperidine rings is 1. The van der Waals surface area contributed by atoms with Gasteiger partial charge < -0.3 is 9.80 Å². The number of nitrogens with zero attached hydrogens (tertiary/aromatic N) is 2. The molecule has 0 radical (unpaired) electrons. The van der Waals surface area contributed by atoms with E-state index in [1.165, 1.54) is 0 Å². The number of carbonyl (C=O) groups excluding carboxylic acids is 1. The van der Waals surface area contributed by atoms with Crippen molar-refractivity contribution in [3.8, 4) is 0 Å². The molecule has 0 aromatic heterocycles. The van der Waals surface area contributed by atoms with E-state index >= 15 is 0 Å². The predicted molar refractivity (Wildman–Crippen MR) is 91.0 cm³/mol. The number of halogens is 2. The van der Waals surface area contributed by atoms with Gasteiger partial charge in [-0.1, -0.05) is 11.6 Å². The highest BCUT2D eigenvalue weighted by atomic mass is 79.9. The fraction of sp³-hybridized carbons (Fsp3) is 0.562. The minimum atomic E-state index is 0.0570. The van der Waals surface area contributed by atoms with Crippen LogP contribution in [-0.2, 0) is 0 Å². The van der Waals surface area contributed by atoms with Gasteiger partial charge in [0.25, 0.3) is 5.91 Å². The van der Waals surface area contributed by atoms with Gasteiger partial charge in [-0.2, -0.15) is 0 Å². The highest BCUT2D eigenvalue weighted by Gasteiger charge is 2.27. The van der Waals surface area contributed by atoms with E-state index in [2.05, 4.69) is 34.7 Å². The largest absolute Gasteiger partial charge is 0.339 e. The van der Waals surface area contributed by atoms with Crippen molar-refractivity contribution in [1.82, 2.24) is 9.80 Å². The zero-order chi connectivity index (χ0) is 15.6. The molecule has 3 nitrogen and oxygen atoms in total. The van der Waals surface area contributed by atoms with E-state index in [9.17, 15) is 4.79 Å². The minimum Gasteiger partial charge on any atom is -0.339 e. The van der Waals surface area contributed by atoms with Gasteiger partial charge >= 0.3 is 0 Å². The molecule has 0 bridgehead atoms. The quantitative estimate of drug-likeness (QED) is 0.798. The molecule has 1 aromatic carbocycles. The number of carbonyl (C=O) groups is 1. The van der Waals surface area contributed by atoms with Crippen LogP contribution in [0.3, 0.4) is 0 Å². The maximum Gasteiger partial charge on any atom is 0.254 e. The lowest BCUT2D eigenvalue weighted by Crippen LogP contribution is -2.47. The molecule has 0 N–H and O–H groups in total. The van der Waals surface area contributed by atoms with Crippen LogP contribution in [0.15, 0.2) is 22.7 Å². The van der Waals surface area contributed by atoms with E-state index < -0.39 is 0 Å². The van der Waals surface area contributed by atoms with Crippen LogP contribution in [0, 0.1) is 0 Å². The van der Waals surface area contributed by atoms with E-state index in [4.69, 9.17) is 11.6 Å². The molecule has 1 aromatic rings. The van der Waals surface area contributed by atoms with Gasteiger partial charge in [-0.3, -0.25) is 4.79 Å². The summed E-state index contributed by atoms with van der Waals surface area (Å²) in [6, 6.07) is 6.21. The number of hydrogen-bond donors (Lipinski definition) is 0. The normalized spacial score (nSPS) is 17.2. The second-order valence-corrected chi connectivity index (χ2v) is 7.19. The van der Waals surface area contributed by atoms with Crippen molar-refractivity contribution in [3.63, 3.8) is 0 Å². The van der Waals surface area contributed by atoms with Crippen molar-refractivity contribution < 1.29 is 4.79 Å². The summed E-state index contributed by atoms with van der Waals surface area (Å²) in [7, 11) is 1.90. The molecule has 0 atom stereocenters. The average molecular weight is 374 g/mol. The summed E-state index contributed by atoms with van der Waals surface area (Å²) in [5.41, 5.74) is 0.674. The maximum atomic E-state index is 12.6. The number of benzene rings is 1. The molecule has 1 fully saturated rings. The van der Waals surface area contributed by atoms with Gasteiger partial charge in [0.2, 0.25) is 0 Å². The van der Waals surface area contributed by atoms with Crippen LogP contribution in [-0.4, -0.2) is 47.9 Å². The lowest BCUT2D eigenvalue weighted by Gasteiger charge is -2.38. The van der Waals surface area contributed by atoms with Crippen LogP contribution in [0.4, 0.5) is 0 Å². The molecule has 1 amide bonds. The zero-order valence-corrected chi connectivity index (χ0v) is 15.1. The molecule has 1 aliphatic heterocycles. The van der Waals surface area contributed by atoms with Gasteiger partial charge in [0.1, 0.15) is 0 Å². The van der Waals surface area contributed by atoms with Crippen molar-refractivity contribution in [2.24, 2.45) is 0 Å². The number of rotatable bonds is 3. The molecule has 1 aliphatic rings. The highest BCUT2D eigenvalue weighted by molar-refractivity contribution is 9.10. The standard InChI is InChI=1S/C16H22BrClN2O/c1-11(2)20-8-6-13(7-9-20)19(3)16(21)14-5-4-12(18)10-15(14)17/h4-5,10-11,13H,6-9H2,1-3H3. The summed E-state index contributed by atoms with van der Waals surface area (Å²) in [6.45, 7) is 6.56. The summed E-state index contributed by atoms with van der Waals surface area (Å²) in [5, 5.41) is 0.631. The fourth-order valence-electron chi connectivity index (χ4n) is 2.81. The molecule has 0 unspecified atom stereocenters. The second kappa shape index (κ2) is 7.12. The molecule has 116 valence electrons. The smallest absolute Gasteiger partial charge is 0.254 e. The zero-order valence-electron chi connectivity index (χ0n) is 12.8. The van der Waals surface area contributed by atoms with Gasteiger partial charge in [0.15, 0.2) is 0 Å². The van der Waals surface area contributed by atoms with Crippen molar-refractivity contribution in [3.05, 3.63) is 33.3 Å². The van der Waals surface area contributed by atoms with Crippen LogP contribution < -0.4 is 0 Å². The maximum absolute atomic E-state index is 12.6. The van der Waals surface area contributed by atoms with E-state index in [1.54, 1.807) is 18.2 Å². The van der Waals surface area contributed by atoms with Crippen molar-refractivity contribution in [1.29, 1.82) is 0 Å². The van der Waals surface area contributed by atoms with Crippen LogP contribution in [0.25, 0.3) is 0 Å². The lowest BCUT2D eigenvalue weighted by molar-refractivity contribution is 0.0614. The van der Waals surface area contributed by atoms with E-state index in [1.807, 2.05) is 11.9 Å². The van der Waals surface area contributed by atoms with E-state index in [-0.39, 0.29) is 5.91 Å². The SMILES string of the molecule is CC(C)N1CCC(N(C)C(=O)c2ccc(Cl)cc2Br)CC1. The number of likely N-dealkylation sites (tertiary alicyclic amines) is 1. The predicted octanol–water partition coefficient (Wildman–Crippen LogP) is 4.05. The molecule has 1 heterocycles. The Morgan fingerprint density at radius 2 is 2.00 bits per heavy atom. The Morgan fingerprint density at radius 1 is 1.38 bits per heavy atom. The first-order chi connectivity index (χ1) is 9.90. The van der Waals surface area contributed by atoms with Gasteiger partial charge in [0.05, 0.1) is 5.56 Å². The number of hydrogen-bond acceptors (Lipinski definition) is 2. The Morgan fingerprint density at radius 3 is 2.52 bits per heavy atom. The molecule has 0 aliphatic carbocycles. The first kappa shape index (κ1) is 16.8. The molecule has 2 rings (SSSR count). The first-order valence-electron chi connectivity index (χ1n) is 7.36. The number of amides is 1. The monoisotopic (exact) mass is 372 g/mol. The van der Waals surface area contributed by atoms with Crippen molar-refractivity contribution in [2.45, 2.75) is 38.8 Å². The first-order valence-corrected chi connectivity index (χ1v) is 8.53.